The number of carbonyl (C=O) groups excluding carboxylic acids is 1. The number of carbonyl (C=O) groups is 1. The van der Waals surface area contributed by atoms with Gasteiger partial charge >= 0.3 is 0 Å². The molecule has 2 aromatic carbocycles. The molecule has 1 amide bonds. The molecule has 0 aliphatic rings. The number of ether oxygens (including phenoxy) is 1. The lowest BCUT2D eigenvalue weighted by molar-refractivity contribution is -0.116. The van der Waals surface area contributed by atoms with Crippen LogP contribution in [-0.4, -0.2) is 39.2 Å². The van der Waals surface area contributed by atoms with Gasteiger partial charge in [0.15, 0.2) is 0 Å². The zero-order chi connectivity index (χ0) is 20.1. The lowest BCUT2D eigenvalue weighted by Crippen LogP contribution is -2.33. The maximum atomic E-state index is 12.4. The van der Waals surface area contributed by atoms with Gasteiger partial charge in [-0.15, -0.1) is 0 Å². The van der Waals surface area contributed by atoms with Gasteiger partial charge in [-0.25, -0.2) is 8.42 Å². The largest absolute Gasteiger partial charge is 0.497 e. The van der Waals surface area contributed by atoms with E-state index in [-0.39, 0.29) is 18.9 Å². The molecule has 3 aromatic rings. The van der Waals surface area contributed by atoms with Gasteiger partial charge in [-0.05, 0) is 24.3 Å². The molecule has 0 aliphatic heterocycles. The molecular weight excluding hydrogens is 378 g/mol. The standard InChI is InChI=1S/C20H21N3O4S/c1-27-17-9-4-8-16(14-17)22-19(24)11-13-23(28(2,25)26)18-10-3-6-15-7-5-12-21-20(15)18/h3-10,12,14H,11,13H2,1-2H3,(H,22,24). The van der Waals surface area contributed by atoms with Gasteiger partial charge in [0.25, 0.3) is 0 Å². The van der Waals surface area contributed by atoms with Crippen LogP contribution in [0.15, 0.2) is 60.8 Å². The van der Waals surface area contributed by atoms with Crippen LogP contribution in [0.25, 0.3) is 10.9 Å². The number of anilines is 2. The molecule has 0 saturated carbocycles. The number of aromatic nitrogens is 1. The summed E-state index contributed by atoms with van der Waals surface area (Å²) in [6, 6.07) is 15.9. The summed E-state index contributed by atoms with van der Waals surface area (Å²) in [7, 11) is -2.05. The van der Waals surface area contributed by atoms with Crippen molar-refractivity contribution >= 4 is 38.2 Å². The molecule has 0 radical (unpaired) electrons. The molecule has 0 saturated heterocycles. The Hall–Kier alpha value is -3.13. The zero-order valence-corrected chi connectivity index (χ0v) is 16.4. The molecule has 0 spiro atoms. The van der Waals surface area contributed by atoms with Crippen molar-refractivity contribution in [2.75, 3.05) is 29.5 Å². The monoisotopic (exact) mass is 399 g/mol. The Balaban J connectivity index is 1.79. The third-order valence-electron chi connectivity index (χ3n) is 4.18. The minimum Gasteiger partial charge on any atom is -0.497 e. The van der Waals surface area contributed by atoms with Crippen LogP contribution >= 0.6 is 0 Å². The van der Waals surface area contributed by atoms with E-state index in [4.69, 9.17) is 4.74 Å². The van der Waals surface area contributed by atoms with E-state index in [2.05, 4.69) is 10.3 Å². The number of nitrogens with one attached hydrogen (secondary N) is 1. The van der Waals surface area contributed by atoms with E-state index in [9.17, 15) is 13.2 Å². The average Bonchev–Trinajstić information content (AvgIpc) is 2.67. The van der Waals surface area contributed by atoms with E-state index in [1.165, 1.54) is 4.31 Å². The number of benzene rings is 2. The van der Waals surface area contributed by atoms with Crippen LogP contribution in [0, 0.1) is 0 Å². The Morgan fingerprint density at radius 3 is 2.64 bits per heavy atom. The third-order valence-corrected chi connectivity index (χ3v) is 5.36. The molecule has 1 heterocycles. The van der Waals surface area contributed by atoms with Crippen LogP contribution in [0.1, 0.15) is 6.42 Å². The summed E-state index contributed by atoms with van der Waals surface area (Å²) in [6.07, 6.45) is 2.73. The van der Waals surface area contributed by atoms with Crippen molar-refractivity contribution in [3.8, 4) is 5.75 Å². The third kappa shape index (κ3) is 4.58. The second-order valence-electron chi connectivity index (χ2n) is 6.22. The van der Waals surface area contributed by atoms with E-state index in [0.717, 1.165) is 11.6 Å². The summed E-state index contributed by atoms with van der Waals surface area (Å²) in [5, 5.41) is 3.58. The van der Waals surface area contributed by atoms with Gasteiger partial charge in [0.1, 0.15) is 5.75 Å². The fraction of sp³-hybridized carbons (Fsp3) is 0.200. The van der Waals surface area contributed by atoms with E-state index >= 15 is 0 Å². The molecule has 3 rings (SSSR count). The Morgan fingerprint density at radius 1 is 1.14 bits per heavy atom. The van der Waals surface area contributed by atoms with Crippen molar-refractivity contribution in [2.24, 2.45) is 0 Å². The second-order valence-corrected chi connectivity index (χ2v) is 8.12. The van der Waals surface area contributed by atoms with Gasteiger partial charge in [-0.1, -0.05) is 24.3 Å². The van der Waals surface area contributed by atoms with Gasteiger partial charge in [0, 0.05) is 36.3 Å². The molecule has 1 aromatic heterocycles. The lowest BCUT2D eigenvalue weighted by Gasteiger charge is -2.23. The van der Waals surface area contributed by atoms with E-state index in [1.54, 1.807) is 55.8 Å². The smallest absolute Gasteiger partial charge is 0.232 e. The summed E-state index contributed by atoms with van der Waals surface area (Å²) in [4.78, 5) is 16.7. The number of fused-ring (bicyclic) bond motifs is 1. The first kappa shape index (κ1) is 19.6. The molecule has 0 atom stereocenters. The normalized spacial score (nSPS) is 11.2. The highest BCUT2D eigenvalue weighted by molar-refractivity contribution is 7.92. The summed E-state index contributed by atoms with van der Waals surface area (Å²) < 4.78 is 31.1. The highest BCUT2D eigenvalue weighted by Crippen LogP contribution is 2.27. The van der Waals surface area contributed by atoms with E-state index in [1.807, 2.05) is 12.1 Å². The SMILES string of the molecule is COc1cccc(NC(=O)CCN(c2cccc3cccnc23)S(C)(=O)=O)c1. The number of methoxy groups -OCH3 is 1. The molecule has 0 fully saturated rings. The molecule has 0 aliphatic carbocycles. The summed E-state index contributed by atoms with van der Waals surface area (Å²) >= 11 is 0. The number of nitrogens with zero attached hydrogens (tertiary/aromatic N) is 2. The van der Waals surface area contributed by atoms with E-state index < -0.39 is 10.0 Å². The topological polar surface area (TPSA) is 88.6 Å². The van der Waals surface area contributed by atoms with Crippen LogP contribution < -0.4 is 14.4 Å². The van der Waals surface area contributed by atoms with E-state index in [0.29, 0.717) is 22.6 Å². The predicted molar refractivity (Wildman–Crippen MR) is 110 cm³/mol. The van der Waals surface area contributed by atoms with Crippen molar-refractivity contribution in [3.63, 3.8) is 0 Å². The maximum Gasteiger partial charge on any atom is 0.232 e. The van der Waals surface area contributed by atoms with Crippen molar-refractivity contribution < 1.29 is 17.9 Å². The molecule has 1 N–H and O–H groups in total. The highest BCUT2D eigenvalue weighted by atomic mass is 32.2. The fourth-order valence-corrected chi connectivity index (χ4v) is 3.81. The first-order valence-corrected chi connectivity index (χ1v) is 10.5. The number of rotatable bonds is 7. The van der Waals surface area contributed by atoms with Gasteiger partial charge in [-0.2, -0.15) is 0 Å². The quantitative estimate of drug-likeness (QED) is 0.660. The molecule has 146 valence electrons. The first-order valence-electron chi connectivity index (χ1n) is 8.64. The predicted octanol–water partition coefficient (Wildman–Crippen LogP) is 3.04. The maximum absolute atomic E-state index is 12.4. The van der Waals surface area contributed by atoms with Crippen molar-refractivity contribution in [2.45, 2.75) is 6.42 Å². The second kappa shape index (κ2) is 8.26. The Labute approximate surface area is 164 Å². The van der Waals surface area contributed by atoms with Crippen molar-refractivity contribution in [3.05, 3.63) is 60.8 Å². The minimum atomic E-state index is -3.60. The first-order chi connectivity index (χ1) is 13.4. The summed E-state index contributed by atoms with van der Waals surface area (Å²) in [6.45, 7) is 0.00429. The summed E-state index contributed by atoms with van der Waals surface area (Å²) in [5.74, 6) is 0.326. The molecule has 28 heavy (non-hydrogen) atoms. The van der Waals surface area contributed by atoms with Crippen LogP contribution in [0.3, 0.4) is 0 Å². The van der Waals surface area contributed by atoms with Crippen LogP contribution in [0.5, 0.6) is 5.75 Å². The number of hydrogen-bond donors (Lipinski definition) is 1. The molecule has 7 nitrogen and oxygen atoms in total. The van der Waals surface area contributed by atoms with Crippen LogP contribution in [0.4, 0.5) is 11.4 Å². The van der Waals surface area contributed by atoms with Crippen molar-refractivity contribution in [1.29, 1.82) is 0 Å². The summed E-state index contributed by atoms with van der Waals surface area (Å²) in [5.41, 5.74) is 1.61. The molecular formula is C20H21N3O4S. The lowest BCUT2D eigenvalue weighted by atomic mass is 10.2. The molecule has 0 bridgehead atoms. The Morgan fingerprint density at radius 2 is 1.89 bits per heavy atom. The van der Waals surface area contributed by atoms with Gasteiger partial charge in [0.05, 0.1) is 24.6 Å². The molecule has 8 heteroatoms. The van der Waals surface area contributed by atoms with Gasteiger partial charge < -0.3 is 10.1 Å². The fourth-order valence-electron chi connectivity index (χ4n) is 2.88. The molecule has 0 unspecified atom stereocenters. The minimum absolute atomic E-state index is 0.00429. The Kier molecular flexibility index (Phi) is 5.79. The zero-order valence-electron chi connectivity index (χ0n) is 15.6. The van der Waals surface area contributed by atoms with Crippen LogP contribution in [-0.2, 0) is 14.8 Å². The van der Waals surface area contributed by atoms with Gasteiger partial charge in [-0.3, -0.25) is 14.1 Å². The van der Waals surface area contributed by atoms with Crippen LogP contribution in [0.2, 0.25) is 0 Å². The number of para-hydroxylation sites is 1. The number of pyridine rings is 1. The number of hydrogen-bond acceptors (Lipinski definition) is 5. The van der Waals surface area contributed by atoms with Gasteiger partial charge in [0.2, 0.25) is 15.9 Å². The number of sulfonamides is 1. The Bertz CT molecular complexity index is 1090. The number of amides is 1. The highest BCUT2D eigenvalue weighted by Gasteiger charge is 2.21. The average molecular weight is 399 g/mol. The van der Waals surface area contributed by atoms with Crippen molar-refractivity contribution in [1.82, 2.24) is 4.98 Å².